The summed E-state index contributed by atoms with van der Waals surface area (Å²) in [6.45, 7) is 2.22. The molecule has 0 saturated carbocycles. The number of rotatable bonds is 8. The lowest BCUT2D eigenvalue weighted by atomic mass is 10.2. The van der Waals surface area contributed by atoms with Gasteiger partial charge in [0, 0.05) is 19.8 Å². The molecule has 34 heavy (non-hydrogen) atoms. The largest absolute Gasteiger partial charge is 0.493 e. The van der Waals surface area contributed by atoms with E-state index < -0.39 is 21.6 Å². The summed E-state index contributed by atoms with van der Waals surface area (Å²) in [6.07, 6.45) is -1.55. The van der Waals surface area contributed by atoms with E-state index in [1.165, 1.54) is 40.0 Å². The second kappa shape index (κ2) is 9.88. The Morgan fingerprint density at radius 3 is 2.53 bits per heavy atom. The van der Waals surface area contributed by atoms with Crippen LogP contribution in [0.2, 0.25) is 0 Å². The monoisotopic (exact) mass is 495 g/mol. The van der Waals surface area contributed by atoms with E-state index in [4.69, 9.17) is 4.74 Å². The van der Waals surface area contributed by atoms with Gasteiger partial charge in [0.15, 0.2) is 9.84 Å². The van der Waals surface area contributed by atoms with Crippen LogP contribution in [0, 0.1) is 6.92 Å². The highest BCUT2D eigenvalue weighted by Gasteiger charge is 2.31. The molecule has 0 atom stereocenters. The number of benzene rings is 2. The van der Waals surface area contributed by atoms with Gasteiger partial charge in [0.05, 0.1) is 40.2 Å². The Morgan fingerprint density at radius 1 is 1.15 bits per heavy atom. The number of carbonyl (C=O) groups is 1. The van der Waals surface area contributed by atoms with Gasteiger partial charge in [-0.25, -0.2) is 13.1 Å². The summed E-state index contributed by atoms with van der Waals surface area (Å²) < 4.78 is 69.2. The topological polar surface area (TPSA) is 81.5 Å². The van der Waals surface area contributed by atoms with Crippen LogP contribution in [0.5, 0.6) is 5.75 Å². The number of hydrogen-bond donors (Lipinski definition) is 0. The molecule has 0 saturated heterocycles. The van der Waals surface area contributed by atoms with Crippen LogP contribution in [-0.4, -0.2) is 55.5 Å². The Morgan fingerprint density at radius 2 is 1.85 bits per heavy atom. The predicted octanol–water partition coefficient (Wildman–Crippen LogP) is 4.14. The van der Waals surface area contributed by atoms with Crippen LogP contribution in [0.3, 0.4) is 0 Å². The molecular weight excluding hydrogens is 471 g/mol. The first kappa shape index (κ1) is 25.3. The van der Waals surface area contributed by atoms with E-state index in [-0.39, 0.29) is 28.7 Å². The van der Waals surface area contributed by atoms with Gasteiger partial charge in [0.2, 0.25) is 0 Å². The molecule has 1 amide bonds. The number of amides is 1. The Hall–Kier alpha value is -3.34. The number of aromatic nitrogens is 2. The Labute approximate surface area is 195 Å². The number of halogens is 3. The third-order valence-electron chi connectivity index (χ3n) is 5.15. The molecule has 0 spiro atoms. The van der Waals surface area contributed by atoms with E-state index in [0.29, 0.717) is 24.4 Å². The van der Waals surface area contributed by atoms with Gasteiger partial charge in [-0.15, -0.1) is 0 Å². The van der Waals surface area contributed by atoms with E-state index in [0.717, 1.165) is 18.4 Å². The van der Waals surface area contributed by atoms with E-state index in [9.17, 15) is 26.4 Å². The number of carbonyl (C=O) groups excluding carboxylic acids is 1. The third-order valence-corrected chi connectivity index (χ3v) is 6.26. The maximum absolute atomic E-state index is 13.0. The average molecular weight is 496 g/mol. The van der Waals surface area contributed by atoms with Crippen molar-refractivity contribution in [2.75, 3.05) is 26.5 Å². The van der Waals surface area contributed by atoms with Crippen LogP contribution in [0.15, 0.2) is 59.6 Å². The fourth-order valence-corrected chi connectivity index (χ4v) is 3.94. The first-order valence-electron chi connectivity index (χ1n) is 10.3. The molecule has 0 N–H and O–H groups in total. The molecular formula is C23H24F3N3O4S. The number of sulfone groups is 1. The van der Waals surface area contributed by atoms with Crippen molar-refractivity contribution in [3.63, 3.8) is 0 Å². The highest BCUT2D eigenvalue weighted by atomic mass is 32.2. The lowest BCUT2D eigenvalue weighted by molar-refractivity contribution is -0.137. The standard InChI is InChI=1S/C23H24F3N3O4S/c1-16-21(15-27-29(16)18-8-4-7-17(13-18)23(24,25)26)22(30)28(2)11-6-12-33-19-9-5-10-20(14-19)34(3,31)32/h4-5,7-10,13-15H,6,11-12H2,1-3H3. The number of nitrogens with zero attached hydrogens (tertiary/aromatic N) is 3. The van der Waals surface area contributed by atoms with Crippen molar-refractivity contribution in [3.05, 3.63) is 71.5 Å². The fourth-order valence-electron chi connectivity index (χ4n) is 3.29. The lowest BCUT2D eigenvalue weighted by Crippen LogP contribution is -2.29. The zero-order chi connectivity index (χ0) is 25.1. The van der Waals surface area contributed by atoms with Crippen LogP contribution < -0.4 is 4.74 Å². The molecule has 2 aromatic carbocycles. The van der Waals surface area contributed by atoms with Crippen LogP contribution in [0.4, 0.5) is 13.2 Å². The van der Waals surface area contributed by atoms with Gasteiger partial charge < -0.3 is 9.64 Å². The number of hydrogen-bond acceptors (Lipinski definition) is 5. The Balaban J connectivity index is 1.61. The van der Waals surface area contributed by atoms with Gasteiger partial charge in [-0.1, -0.05) is 12.1 Å². The molecule has 1 aromatic heterocycles. The summed E-state index contributed by atoms with van der Waals surface area (Å²) in [6, 6.07) is 10.9. The third kappa shape index (κ3) is 5.96. The SMILES string of the molecule is Cc1c(C(=O)N(C)CCCOc2cccc(S(C)(=O)=O)c2)cnn1-c1cccc(C(F)(F)F)c1. The summed E-state index contributed by atoms with van der Waals surface area (Å²) >= 11 is 0. The average Bonchev–Trinajstić information content (AvgIpc) is 3.16. The smallest absolute Gasteiger partial charge is 0.416 e. The summed E-state index contributed by atoms with van der Waals surface area (Å²) in [5.41, 5.74) is 0.109. The number of ether oxygens (including phenoxy) is 1. The van der Waals surface area contributed by atoms with Crippen molar-refractivity contribution in [1.82, 2.24) is 14.7 Å². The molecule has 0 unspecified atom stereocenters. The highest BCUT2D eigenvalue weighted by molar-refractivity contribution is 7.90. The van der Waals surface area contributed by atoms with Gasteiger partial charge in [-0.2, -0.15) is 18.3 Å². The summed E-state index contributed by atoms with van der Waals surface area (Å²) in [5.74, 6) is 0.0879. The second-order valence-electron chi connectivity index (χ2n) is 7.78. The maximum atomic E-state index is 13.0. The molecule has 0 aliphatic rings. The van der Waals surface area contributed by atoms with Crippen LogP contribution in [0.25, 0.3) is 5.69 Å². The van der Waals surface area contributed by atoms with Gasteiger partial charge in [-0.05, 0) is 49.7 Å². The zero-order valence-electron chi connectivity index (χ0n) is 18.8. The summed E-state index contributed by atoms with van der Waals surface area (Å²) in [7, 11) is -1.73. The number of alkyl halides is 3. The second-order valence-corrected chi connectivity index (χ2v) is 9.80. The minimum Gasteiger partial charge on any atom is -0.493 e. The van der Waals surface area contributed by atoms with E-state index >= 15 is 0 Å². The molecule has 0 aliphatic carbocycles. The van der Waals surface area contributed by atoms with Crippen LogP contribution in [-0.2, 0) is 16.0 Å². The van der Waals surface area contributed by atoms with Gasteiger partial charge in [0.25, 0.3) is 5.91 Å². The minimum atomic E-state index is -4.48. The molecule has 0 bridgehead atoms. The molecule has 11 heteroatoms. The molecule has 0 fully saturated rings. The summed E-state index contributed by atoms with van der Waals surface area (Å²) in [4.78, 5) is 14.5. The van der Waals surface area contributed by atoms with E-state index in [1.807, 2.05) is 0 Å². The first-order chi connectivity index (χ1) is 15.9. The Kier molecular flexibility index (Phi) is 7.35. The van der Waals surface area contributed by atoms with Crippen molar-refractivity contribution >= 4 is 15.7 Å². The van der Waals surface area contributed by atoms with Crippen molar-refractivity contribution in [2.45, 2.75) is 24.4 Å². The molecule has 182 valence electrons. The fraction of sp³-hybridized carbons (Fsp3) is 0.304. The molecule has 0 radical (unpaired) electrons. The highest BCUT2D eigenvalue weighted by Crippen LogP contribution is 2.30. The molecule has 3 aromatic rings. The van der Waals surface area contributed by atoms with Crippen molar-refractivity contribution < 1.29 is 31.1 Å². The van der Waals surface area contributed by atoms with Gasteiger partial charge in [0.1, 0.15) is 5.75 Å². The summed E-state index contributed by atoms with van der Waals surface area (Å²) in [5, 5.41) is 4.10. The zero-order valence-corrected chi connectivity index (χ0v) is 19.7. The molecule has 0 aliphatic heterocycles. The molecule has 1 heterocycles. The van der Waals surface area contributed by atoms with Crippen LogP contribution in [0.1, 0.15) is 28.0 Å². The van der Waals surface area contributed by atoms with Gasteiger partial charge in [-0.3, -0.25) is 4.79 Å². The normalized spacial score (nSPS) is 11.9. The minimum absolute atomic E-state index is 0.158. The quantitative estimate of drug-likeness (QED) is 0.439. The van der Waals surface area contributed by atoms with E-state index in [1.54, 1.807) is 26.1 Å². The van der Waals surface area contributed by atoms with Crippen molar-refractivity contribution in [3.8, 4) is 11.4 Å². The maximum Gasteiger partial charge on any atom is 0.416 e. The van der Waals surface area contributed by atoms with Crippen molar-refractivity contribution in [2.24, 2.45) is 0 Å². The van der Waals surface area contributed by atoms with Gasteiger partial charge >= 0.3 is 6.18 Å². The molecule has 7 nitrogen and oxygen atoms in total. The predicted molar refractivity (Wildman–Crippen MR) is 120 cm³/mol. The first-order valence-corrected chi connectivity index (χ1v) is 12.2. The molecule has 3 rings (SSSR count). The van der Waals surface area contributed by atoms with Crippen LogP contribution >= 0.6 is 0 Å². The Bertz CT molecular complexity index is 1290. The van der Waals surface area contributed by atoms with E-state index in [2.05, 4.69) is 5.10 Å². The van der Waals surface area contributed by atoms with Crippen molar-refractivity contribution in [1.29, 1.82) is 0 Å². The lowest BCUT2D eigenvalue weighted by Gasteiger charge is -2.17.